The summed E-state index contributed by atoms with van der Waals surface area (Å²) in [5, 5.41) is 0. The van der Waals surface area contributed by atoms with Crippen LogP contribution in [0.2, 0.25) is 0 Å². The zero-order valence-corrected chi connectivity index (χ0v) is 9.77. The second-order valence-electron chi connectivity index (χ2n) is 4.78. The predicted molar refractivity (Wildman–Crippen MR) is 56.6 cm³/mol. The molecular weight excluding hydrogens is 217 g/mol. The first-order valence-electron chi connectivity index (χ1n) is 4.96. The number of aryl methyl sites for hydroxylation is 1. The fourth-order valence-electron chi connectivity index (χ4n) is 1.30. The van der Waals surface area contributed by atoms with Crippen molar-refractivity contribution in [1.82, 2.24) is 0 Å². The van der Waals surface area contributed by atoms with Crippen LogP contribution in [0.15, 0.2) is 18.2 Å². The van der Waals surface area contributed by atoms with Gasteiger partial charge in [-0.1, -0.05) is 32.9 Å². The van der Waals surface area contributed by atoms with Crippen molar-refractivity contribution < 1.29 is 17.9 Å². The van der Waals surface area contributed by atoms with Crippen LogP contribution in [0.3, 0.4) is 0 Å². The van der Waals surface area contributed by atoms with Crippen LogP contribution in [-0.4, -0.2) is 6.36 Å². The Labute approximate surface area is 93.2 Å². The van der Waals surface area contributed by atoms with Crippen molar-refractivity contribution in [3.63, 3.8) is 0 Å². The van der Waals surface area contributed by atoms with E-state index in [4.69, 9.17) is 0 Å². The topological polar surface area (TPSA) is 9.23 Å². The first-order chi connectivity index (χ1) is 7.09. The molecule has 1 aromatic rings. The van der Waals surface area contributed by atoms with Gasteiger partial charge in [-0.05, 0) is 29.5 Å². The van der Waals surface area contributed by atoms with Gasteiger partial charge in [-0.15, -0.1) is 13.2 Å². The lowest BCUT2D eigenvalue weighted by Crippen LogP contribution is -2.19. The van der Waals surface area contributed by atoms with Gasteiger partial charge in [0.25, 0.3) is 0 Å². The molecule has 0 fully saturated rings. The Morgan fingerprint density at radius 1 is 1.06 bits per heavy atom. The number of halogens is 3. The van der Waals surface area contributed by atoms with Crippen LogP contribution in [-0.2, 0) is 5.41 Å². The quantitative estimate of drug-likeness (QED) is 0.705. The third kappa shape index (κ3) is 3.43. The third-order valence-electron chi connectivity index (χ3n) is 2.28. The monoisotopic (exact) mass is 232 g/mol. The van der Waals surface area contributed by atoms with E-state index in [1.165, 1.54) is 6.07 Å². The van der Waals surface area contributed by atoms with E-state index in [0.29, 0.717) is 5.56 Å². The lowest BCUT2D eigenvalue weighted by atomic mass is 9.86. The lowest BCUT2D eigenvalue weighted by molar-refractivity contribution is -0.274. The molecule has 1 rings (SSSR count). The summed E-state index contributed by atoms with van der Waals surface area (Å²) in [6, 6.07) is 4.91. The van der Waals surface area contributed by atoms with E-state index in [0.717, 1.165) is 5.56 Å². The maximum absolute atomic E-state index is 12.1. The van der Waals surface area contributed by atoms with E-state index in [2.05, 4.69) is 4.74 Å². The fraction of sp³-hybridized carbons (Fsp3) is 0.500. The number of alkyl halides is 3. The molecule has 0 aliphatic heterocycles. The number of hydrogen-bond acceptors (Lipinski definition) is 1. The molecule has 0 aliphatic rings. The molecule has 0 spiro atoms. The molecule has 1 aromatic carbocycles. The average Bonchev–Trinajstić information content (AvgIpc) is 2.04. The summed E-state index contributed by atoms with van der Waals surface area (Å²) < 4.78 is 40.4. The second-order valence-corrected chi connectivity index (χ2v) is 4.78. The smallest absolute Gasteiger partial charge is 0.406 e. The SMILES string of the molecule is Cc1ccc(C(C)(C)C)cc1OC(F)(F)F. The molecule has 0 heterocycles. The van der Waals surface area contributed by atoms with Crippen molar-refractivity contribution in [3.05, 3.63) is 29.3 Å². The number of benzene rings is 1. The van der Waals surface area contributed by atoms with Gasteiger partial charge in [0, 0.05) is 0 Å². The first kappa shape index (κ1) is 12.9. The van der Waals surface area contributed by atoms with Gasteiger partial charge in [0.1, 0.15) is 5.75 Å². The van der Waals surface area contributed by atoms with Gasteiger partial charge in [0.05, 0.1) is 0 Å². The van der Waals surface area contributed by atoms with Gasteiger partial charge in [0.15, 0.2) is 0 Å². The predicted octanol–water partition coefficient (Wildman–Crippen LogP) is 4.19. The maximum atomic E-state index is 12.1. The molecule has 0 saturated heterocycles. The molecule has 0 aliphatic carbocycles. The van der Waals surface area contributed by atoms with Crippen molar-refractivity contribution in [2.45, 2.75) is 39.5 Å². The zero-order chi connectivity index (χ0) is 12.6. The van der Waals surface area contributed by atoms with Gasteiger partial charge in [-0.2, -0.15) is 0 Å². The van der Waals surface area contributed by atoms with Gasteiger partial charge in [-0.3, -0.25) is 0 Å². The van der Waals surface area contributed by atoms with E-state index in [1.807, 2.05) is 26.8 Å². The molecule has 4 heteroatoms. The molecule has 0 atom stereocenters. The van der Waals surface area contributed by atoms with E-state index in [9.17, 15) is 13.2 Å². The van der Waals surface area contributed by atoms with Crippen LogP contribution in [0, 0.1) is 6.92 Å². The highest BCUT2D eigenvalue weighted by Crippen LogP contribution is 2.31. The Kier molecular flexibility index (Phi) is 3.22. The maximum Gasteiger partial charge on any atom is 0.573 e. The largest absolute Gasteiger partial charge is 0.573 e. The van der Waals surface area contributed by atoms with Crippen LogP contribution in [0.4, 0.5) is 13.2 Å². The minimum absolute atomic E-state index is 0.125. The second kappa shape index (κ2) is 4.00. The van der Waals surface area contributed by atoms with Crippen molar-refractivity contribution >= 4 is 0 Å². The number of hydrogen-bond donors (Lipinski definition) is 0. The summed E-state index contributed by atoms with van der Waals surface area (Å²) in [7, 11) is 0. The molecule has 0 bridgehead atoms. The lowest BCUT2D eigenvalue weighted by Gasteiger charge is -2.21. The summed E-state index contributed by atoms with van der Waals surface area (Å²) in [6.07, 6.45) is -4.64. The van der Waals surface area contributed by atoms with E-state index < -0.39 is 6.36 Å². The van der Waals surface area contributed by atoms with Gasteiger partial charge < -0.3 is 4.74 Å². The van der Waals surface area contributed by atoms with E-state index in [1.54, 1.807) is 13.0 Å². The highest BCUT2D eigenvalue weighted by molar-refractivity contribution is 5.39. The summed E-state index contributed by atoms with van der Waals surface area (Å²) in [6.45, 7) is 7.41. The fourth-order valence-corrected chi connectivity index (χ4v) is 1.30. The zero-order valence-electron chi connectivity index (χ0n) is 9.77. The van der Waals surface area contributed by atoms with Gasteiger partial charge in [0.2, 0.25) is 0 Å². The van der Waals surface area contributed by atoms with Crippen LogP contribution in [0.25, 0.3) is 0 Å². The summed E-state index contributed by atoms with van der Waals surface area (Å²) in [4.78, 5) is 0. The summed E-state index contributed by atoms with van der Waals surface area (Å²) in [5.41, 5.74) is 1.10. The minimum Gasteiger partial charge on any atom is -0.406 e. The Bertz CT molecular complexity index is 375. The van der Waals surface area contributed by atoms with Gasteiger partial charge >= 0.3 is 6.36 Å². The summed E-state index contributed by atoms with van der Waals surface area (Å²) >= 11 is 0. The van der Waals surface area contributed by atoms with E-state index >= 15 is 0 Å². The third-order valence-corrected chi connectivity index (χ3v) is 2.28. The highest BCUT2D eigenvalue weighted by atomic mass is 19.4. The molecule has 0 aromatic heterocycles. The molecule has 1 nitrogen and oxygen atoms in total. The van der Waals surface area contributed by atoms with Crippen molar-refractivity contribution in [3.8, 4) is 5.75 Å². The molecule has 0 radical (unpaired) electrons. The Balaban J connectivity index is 3.10. The summed E-state index contributed by atoms with van der Waals surface area (Å²) in [5.74, 6) is -0.125. The van der Waals surface area contributed by atoms with Crippen LogP contribution < -0.4 is 4.74 Å². The Morgan fingerprint density at radius 3 is 2.06 bits per heavy atom. The molecule has 0 unspecified atom stereocenters. The Morgan fingerprint density at radius 2 is 1.62 bits per heavy atom. The molecule has 0 saturated carbocycles. The molecule has 0 amide bonds. The average molecular weight is 232 g/mol. The van der Waals surface area contributed by atoms with Crippen LogP contribution >= 0.6 is 0 Å². The molecule has 90 valence electrons. The van der Waals surface area contributed by atoms with E-state index in [-0.39, 0.29) is 11.2 Å². The first-order valence-corrected chi connectivity index (χ1v) is 4.96. The molecule has 16 heavy (non-hydrogen) atoms. The van der Waals surface area contributed by atoms with Crippen LogP contribution in [0.5, 0.6) is 5.75 Å². The van der Waals surface area contributed by atoms with Crippen molar-refractivity contribution in [1.29, 1.82) is 0 Å². The van der Waals surface area contributed by atoms with Crippen molar-refractivity contribution in [2.75, 3.05) is 0 Å². The normalized spacial score (nSPS) is 12.7. The number of rotatable bonds is 1. The van der Waals surface area contributed by atoms with Crippen LogP contribution in [0.1, 0.15) is 31.9 Å². The molecule has 0 N–H and O–H groups in total. The standard InChI is InChI=1S/C12H15F3O/c1-8-5-6-9(11(2,3)4)7-10(8)16-12(13,14)15/h5-7H,1-4H3. The number of ether oxygens (including phenoxy) is 1. The van der Waals surface area contributed by atoms with Gasteiger partial charge in [-0.25, -0.2) is 0 Å². The highest BCUT2D eigenvalue weighted by Gasteiger charge is 2.32. The molecular formula is C12H15F3O. The Hall–Kier alpha value is -1.19. The minimum atomic E-state index is -4.64. The van der Waals surface area contributed by atoms with Crippen molar-refractivity contribution in [2.24, 2.45) is 0 Å².